The molecule has 0 spiro atoms. The van der Waals surface area contributed by atoms with Crippen LogP contribution in [0.4, 0.5) is 0 Å². The molecule has 0 saturated heterocycles. The van der Waals surface area contributed by atoms with E-state index >= 15 is 0 Å². The molecule has 4 nitrogen and oxygen atoms in total. The van der Waals surface area contributed by atoms with Crippen molar-refractivity contribution in [1.29, 1.82) is 0 Å². The summed E-state index contributed by atoms with van der Waals surface area (Å²) in [6.07, 6.45) is 5.13. The van der Waals surface area contributed by atoms with Crippen LogP contribution in [-0.4, -0.2) is 15.0 Å². The van der Waals surface area contributed by atoms with Crippen LogP contribution in [0, 0.1) is 0 Å². The predicted octanol–water partition coefficient (Wildman–Crippen LogP) is 1.20. The Balaban J connectivity index is 2.06. The van der Waals surface area contributed by atoms with Crippen LogP contribution in [0.2, 0.25) is 0 Å². The molecule has 1 aliphatic rings. The van der Waals surface area contributed by atoms with Gasteiger partial charge in [0.1, 0.15) is 11.3 Å². The highest BCUT2D eigenvalue weighted by Gasteiger charge is 2.16. The lowest BCUT2D eigenvalue weighted by Crippen LogP contribution is -2.01. The SMILES string of the molecule is c1ncc(-c2nc3c(s2)CNC3)cn1. The first-order valence-electron chi connectivity index (χ1n) is 4.38. The van der Waals surface area contributed by atoms with Gasteiger partial charge in [0.2, 0.25) is 0 Å². The molecule has 1 N–H and O–H groups in total. The van der Waals surface area contributed by atoms with E-state index in [1.54, 1.807) is 23.7 Å². The first kappa shape index (κ1) is 8.02. The monoisotopic (exact) mass is 204 g/mol. The number of nitrogens with zero attached hydrogens (tertiary/aromatic N) is 3. The topological polar surface area (TPSA) is 50.7 Å². The molecule has 3 heterocycles. The Labute approximate surface area is 85.1 Å². The second-order valence-electron chi connectivity index (χ2n) is 3.12. The first-order valence-corrected chi connectivity index (χ1v) is 5.20. The Bertz CT molecular complexity index is 430. The summed E-state index contributed by atoms with van der Waals surface area (Å²) < 4.78 is 0. The molecule has 0 bridgehead atoms. The Kier molecular flexibility index (Phi) is 1.78. The highest BCUT2D eigenvalue weighted by molar-refractivity contribution is 7.15. The van der Waals surface area contributed by atoms with Gasteiger partial charge in [0.15, 0.2) is 0 Å². The van der Waals surface area contributed by atoms with Gasteiger partial charge in [-0.3, -0.25) is 0 Å². The van der Waals surface area contributed by atoms with Crippen LogP contribution < -0.4 is 5.32 Å². The molecule has 2 aromatic rings. The Hall–Kier alpha value is -1.33. The quantitative estimate of drug-likeness (QED) is 0.758. The molecular formula is C9H8N4S. The lowest BCUT2D eigenvalue weighted by molar-refractivity contribution is 0.759. The van der Waals surface area contributed by atoms with Gasteiger partial charge in [0.25, 0.3) is 0 Å². The minimum Gasteiger partial charge on any atom is -0.306 e. The summed E-state index contributed by atoms with van der Waals surface area (Å²) in [4.78, 5) is 13.8. The minimum absolute atomic E-state index is 0.888. The van der Waals surface area contributed by atoms with E-state index in [-0.39, 0.29) is 0 Å². The molecule has 1 aliphatic heterocycles. The van der Waals surface area contributed by atoms with E-state index in [2.05, 4.69) is 20.3 Å². The number of aromatic nitrogens is 3. The molecule has 3 rings (SSSR count). The van der Waals surface area contributed by atoms with Crippen LogP contribution in [0.1, 0.15) is 10.6 Å². The van der Waals surface area contributed by atoms with Crippen molar-refractivity contribution in [2.75, 3.05) is 0 Å². The van der Waals surface area contributed by atoms with Crippen molar-refractivity contribution in [3.63, 3.8) is 0 Å². The Morgan fingerprint density at radius 2 is 2.07 bits per heavy atom. The van der Waals surface area contributed by atoms with Crippen molar-refractivity contribution in [1.82, 2.24) is 20.3 Å². The van der Waals surface area contributed by atoms with Crippen LogP contribution in [0.15, 0.2) is 18.7 Å². The first-order chi connectivity index (χ1) is 6.93. The summed E-state index contributed by atoms with van der Waals surface area (Å²) >= 11 is 1.72. The van der Waals surface area contributed by atoms with Gasteiger partial charge >= 0.3 is 0 Å². The van der Waals surface area contributed by atoms with Crippen molar-refractivity contribution in [3.05, 3.63) is 29.3 Å². The maximum absolute atomic E-state index is 4.54. The molecule has 0 radical (unpaired) electrons. The molecule has 0 aliphatic carbocycles. The van der Waals surface area contributed by atoms with Crippen molar-refractivity contribution >= 4 is 11.3 Å². The second-order valence-corrected chi connectivity index (χ2v) is 4.20. The number of hydrogen-bond acceptors (Lipinski definition) is 5. The smallest absolute Gasteiger partial charge is 0.127 e. The molecule has 0 aromatic carbocycles. The van der Waals surface area contributed by atoms with Gasteiger partial charge in [-0.05, 0) is 0 Å². The summed E-state index contributed by atoms with van der Waals surface area (Å²) in [6, 6.07) is 0. The number of nitrogens with one attached hydrogen (secondary N) is 1. The highest BCUT2D eigenvalue weighted by Crippen LogP contribution is 2.29. The molecule has 0 unspecified atom stereocenters. The summed E-state index contributed by atoms with van der Waals surface area (Å²) in [6.45, 7) is 1.83. The fourth-order valence-electron chi connectivity index (χ4n) is 1.49. The number of hydrogen-bond donors (Lipinski definition) is 1. The van der Waals surface area contributed by atoms with Crippen molar-refractivity contribution in [3.8, 4) is 10.6 Å². The largest absolute Gasteiger partial charge is 0.306 e. The summed E-state index contributed by atoms with van der Waals surface area (Å²) in [5.74, 6) is 0. The normalized spacial score (nSPS) is 14.3. The van der Waals surface area contributed by atoms with E-state index in [1.807, 2.05) is 0 Å². The third-order valence-corrected chi connectivity index (χ3v) is 3.31. The van der Waals surface area contributed by atoms with E-state index in [0.29, 0.717) is 0 Å². The average molecular weight is 204 g/mol. The molecule has 0 atom stereocenters. The molecule has 5 heteroatoms. The molecule has 2 aromatic heterocycles. The molecule has 14 heavy (non-hydrogen) atoms. The highest BCUT2D eigenvalue weighted by atomic mass is 32.1. The van der Waals surface area contributed by atoms with Crippen LogP contribution in [0.3, 0.4) is 0 Å². The zero-order chi connectivity index (χ0) is 9.38. The summed E-state index contributed by atoms with van der Waals surface area (Å²) in [7, 11) is 0. The van der Waals surface area contributed by atoms with E-state index < -0.39 is 0 Å². The van der Waals surface area contributed by atoms with Crippen molar-refractivity contribution in [2.24, 2.45) is 0 Å². The third-order valence-electron chi connectivity index (χ3n) is 2.16. The van der Waals surface area contributed by atoms with Gasteiger partial charge in [0.05, 0.1) is 5.69 Å². The average Bonchev–Trinajstić information content (AvgIpc) is 2.78. The lowest BCUT2D eigenvalue weighted by Gasteiger charge is -1.93. The predicted molar refractivity (Wildman–Crippen MR) is 53.7 cm³/mol. The lowest BCUT2D eigenvalue weighted by atomic mass is 10.3. The summed E-state index contributed by atoms with van der Waals surface area (Å²) in [5.41, 5.74) is 2.18. The zero-order valence-corrected chi connectivity index (χ0v) is 8.21. The Morgan fingerprint density at radius 3 is 2.86 bits per heavy atom. The third kappa shape index (κ3) is 1.21. The van der Waals surface area contributed by atoms with E-state index in [9.17, 15) is 0 Å². The van der Waals surface area contributed by atoms with Crippen LogP contribution >= 0.6 is 11.3 Å². The standard InChI is InChI=1S/C9H8N4S/c1-6(2-12-5-11-1)9-13-7-3-10-4-8(7)14-9/h1-2,5,10H,3-4H2. The van der Waals surface area contributed by atoms with E-state index in [4.69, 9.17) is 0 Å². The zero-order valence-electron chi connectivity index (χ0n) is 7.40. The number of fused-ring (bicyclic) bond motifs is 1. The van der Waals surface area contributed by atoms with Crippen LogP contribution in [0.5, 0.6) is 0 Å². The van der Waals surface area contributed by atoms with Gasteiger partial charge in [-0.25, -0.2) is 15.0 Å². The number of rotatable bonds is 1. The van der Waals surface area contributed by atoms with Crippen molar-refractivity contribution < 1.29 is 0 Å². The van der Waals surface area contributed by atoms with E-state index in [0.717, 1.165) is 23.7 Å². The van der Waals surface area contributed by atoms with Gasteiger partial charge < -0.3 is 5.32 Å². The maximum Gasteiger partial charge on any atom is 0.127 e. The van der Waals surface area contributed by atoms with Gasteiger partial charge in [-0.1, -0.05) is 0 Å². The maximum atomic E-state index is 4.54. The summed E-state index contributed by atoms with van der Waals surface area (Å²) in [5, 5.41) is 4.29. The van der Waals surface area contributed by atoms with Gasteiger partial charge in [-0.15, -0.1) is 11.3 Å². The molecule has 0 amide bonds. The molecular weight excluding hydrogens is 196 g/mol. The molecule has 70 valence electrons. The minimum atomic E-state index is 0.888. The fraction of sp³-hybridized carbons (Fsp3) is 0.222. The second kappa shape index (κ2) is 3.11. The number of thiazole rings is 1. The Morgan fingerprint density at radius 1 is 1.21 bits per heavy atom. The van der Waals surface area contributed by atoms with Crippen LogP contribution in [-0.2, 0) is 13.1 Å². The fourth-order valence-corrected chi connectivity index (χ4v) is 2.51. The molecule has 0 saturated carbocycles. The van der Waals surface area contributed by atoms with E-state index in [1.165, 1.54) is 16.9 Å². The van der Waals surface area contributed by atoms with Gasteiger partial charge in [-0.2, -0.15) is 0 Å². The van der Waals surface area contributed by atoms with Crippen LogP contribution in [0.25, 0.3) is 10.6 Å². The molecule has 0 fully saturated rings. The van der Waals surface area contributed by atoms with Gasteiger partial charge in [0, 0.05) is 35.9 Å². The van der Waals surface area contributed by atoms with Crippen molar-refractivity contribution in [2.45, 2.75) is 13.1 Å².